The number of hydrogen-bond donors (Lipinski definition) is 0. The highest BCUT2D eigenvalue weighted by atomic mass is 35.5. The first-order chi connectivity index (χ1) is 12.3. The molecular weight excluding hydrogens is 394 g/mol. The zero-order valence-corrected chi connectivity index (χ0v) is 16.9. The number of hydrogen-bond acceptors (Lipinski definition) is 5. The van der Waals surface area contributed by atoms with E-state index in [0.717, 1.165) is 14.9 Å². The van der Waals surface area contributed by atoms with Gasteiger partial charge in [0.25, 0.3) is 10.2 Å². The van der Waals surface area contributed by atoms with Crippen molar-refractivity contribution >= 4 is 33.1 Å². The van der Waals surface area contributed by atoms with Gasteiger partial charge in [0.2, 0.25) is 0 Å². The number of nitrogens with zero attached hydrogens (tertiary/aromatic N) is 5. The van der Waals surface area contributed by atoms with Crippen molar-refractivity contribution in [3.05, 3.63) is 52.6 Å². The largest absolute Gasteiger partial charge is 0.281 e. The molecule has 0 aliphatic heterocycles. The third-order valence-corrected chi connectivity index (χ3v) is 6.63. The van der Waals surface area contributed by atoms with Crippen molar-refractivity contribution in [3.8, 4) is 16.4 Å². The molecule has 0 aliphatic rings. The summed E-state index contributed by atoms with van der Waals surface area (Å²) in [5, 5.41) is 7.07. The van der Waals surface area contributed by atoms with Gasteiger partial charge in [-0.25, -0.2) is 9.67 Å². The van der Waals surface area contributed by atoms with Crippen LogP contribution in [0.1, 0.15) is 5.82 Å². The van der Waals surface area contributed by atoms with Crippen molar-refractivity contribution in [2.75, 3.05) is 21.1 Å². The quantitative estimate of drug-likeness (QED) is 0.625. The maximum absolute atomic E-state index is 12.3. The normalized spacial score (nSPS) is 12.2. The molecule has 0 unspecified atom stereocenters. The maximum Gasteiger partial charge on any atom is 0.281 e. The van der Waals surface area contributed by atoms with Gasteiger partial charge < -0.3 is 0 Å². The zero-order chi connectivity index (χ0) is 18.9. The monoisotopic (exact) mass is 411 g/mol. The third kappa shape index (κ3) is 3.81. The predicted molar refractivity (Wildman–Crippen MR) is 104 cm³/mol. The third-order valence-electron chi connectivity index (χ3n) is 3.69. The van der Waals surface area contributed by atoms with E-state index in [1.54, 1.807) is 16.8 Å². The van der Waals surface area contributed by atoms with Crippen molar-refractivity contribution in [2.45, 2.75) is 6.54 Å². The first-order valence-electron chi connectivity index (χ1n) is 7.68. The van der Waals surface area contributed by atoms with Crippen LogP contribution in [0, 0.1) is 0 Å². The Morgan fingerprint density at radius 3 is 2.58 bits per heavy atom. The lowest BCUT2D eigenvalue weighted by Gasteiger charge is -2.21. The summed E-state index contributed by atoms with van der Waals surface area (Å²) in [6.07, 6.45) is 0. The van der Waals surface area contributed by atoms with Crippen LogP contribution in [0.3, 0.4) is 0 Å². The van der Waals surface area contributed by atoms with Crippen LogP contribution in [-0.4, -0.2) is 52.9 Å². The van der Waals surface area contributed by atoms with Crippen LogP contribution in [0.4, 0.5) is 0 Å². The highest BCUT2D eigenvalue weighted by Gasteiger charge is 2.24. The summed E-state index contributed by atoms with van der Waals surface area (Å²) in [7, 11) is 0.928. The van der Waals surface area contributed by atoms with E-state index in [4.69, 9.17) is 11.6 Å². The molecule has 138 valence electrons. The van der Waals surface area contributed by atoms with E-state index in [-0.39, 0.29) is 6.54 Å². The van der Waals surface area contributed by atoms with Crippen molar-refractivity contribution in [1.29, 1.82) is 0 Å². The number of thiophene rings is 1. The standard InChI is InChI=1S/C16H18ClN5O2S2/c1-20(2)26(23,24)21(3)11-15-18-16(14-8-5-9-25-14)19-22(15)13-7-4-6-12(17)10-13/h4-10H,11H2,1-3H3. The lowest BCUT2D eigenvalue weighted by atomic mass is 10.3. The summed E-state index contributed by atoms with van der Waals surface area (Å²) < 4.78 is 28.7. The number of halogens is 1. The van der Waals surface area contributed by atoms with Crippen LogP contribution in [-0.2, 0) is 16.8 Å². The lowest BCUT2D eigenvalue weighted by molar-refractivity contribution is 0.405. The van der Waals surface area contributed by atoms with Gasteiger partial charge in [0.15, 0.2) is 5.82 Å². The highest BCUT2D eigenvalue weighted by Crippen LogP contribution is 2.24. The summed E-state index contributed by atoms with van der Waals surface area (Å²) in [6, 6.07) is 11.0. The minimum atomic E-state index is -3.56. The summed E-state index contributed by atoms with van der Waals surface area (Å²) in [4.78, 5) is 5.47. The number of rotatable bonds is 6. The van der Waals surface area contributed by atoms with Crippen molar-refractivity contribution in [3.63, 3.8) is 0 Å². The van der Waals surface area contributed by atoms with Gasteiger partial charge in [-0.2, -0.15) is 17.0 Å². The second-order valence-electron chi connectivity index (χ2n) is 5.77. The molecule has 26 heavy (non-hydrogen) atoms. The average molecular weight is 412 g/mol. The molecule has 0 atom stereocenters. The topological polar surface area (TPSA) is 71.3 Å². The van der Waals surface area contributed by atoms with Gasteiger partial charge in [-0.15, -0.1) is 16.4 Å². The molecule has 0 saturated heterocycles. The predicted octanol–water partition coefficient (Wildman–Crippen LogP) is 2.89. The minimum absolute atomic E-state index is 0.0748. The van der Waals surface area contributed by atoms with E-state index < -0.39 is 10.2 Å². The molecule has 1 aromatic carbocycles. The molecule has 0 saturated carbocycles. The molecule has 0 spiro atoms. The summed E-state index contributed by atoms with van der Waals surface area (Å²) in [5.41, 5.74) is 0.721. The molecular formula is C16H18ClN5O2S2. The second kappa shape index (κ2) is 7.45. The van der Waals surface area contributed by atoms with E-state index in [2.05, 4.69) is 10.1 Å². The van der Waals surface area contributed by atoms with Crippen LogP contribution in [0.15, 0.2) is 41.8 Å². The fourth-order valence-electron chi connectivity index (χ4n) is 2.33. The van der Waals surface area contributed by atoms with Crippen molar-refractivity contribution < 1.29 is 8.42 Å². The number of benzene rings is 1. The molecule has 0 bridgehead atoms. The highest BCUT2D eigenvalue weighted by molar-refractivity contribution is 7.86. The van der Waals surface area contributed by atoms with Crippen LogP contribution in [0.2, 0.25) is 5.02 Å². The van der Waals surface area contributed by atoms with Crippen LogP contribution in [0.5, 0.6) is 0 Å². The van der Waals surface area contributed by atoms with E-state index in [1.807, 2.05) is 29.6 Å². The maximum atomic E-state index is 12.3. The van der Waals surface area contributed by atoms with E-state index in [9.17, 15) is 8.42 Å². The average Bonchev–Trinajstić information content (AvgIpc) is 3.23. The van der Waals surface area contributed by atoms with Gasteiger partial charge >= 0.3 is 0 Å². The summed E-state index contributed by atoms with van der Waals surface area (Å²) in [6.45, 7) is 0.0748. The Hall–Kier alpha value is -1.78. The van der Waals surface area contributed by atoms with Gasteiger partial charge in [0.1, 0.15) is 5.82 Å². The van der Waals surface area contributed by atoms with E-state index in [0.29, 0.717) is 16.7 Å². The first kappa shape index (κ1) is 19.0. The first-order valence-corrected chi connectivity index (χ1v) is 10.3. The van der Waals surface area contributed by atoms with Crippen LogP contribution < -0.4 is 0 Å². The van der Waals surface area contributed by atoms with Crippen molar-refractivity contribution in [1.82, 2.24) is 23.4 Å². The Labute approximate surface area is 161 Å². The van der Waals surface area contributed by atoms with Crippen LogP contribution in [0.25, 0.3) is 16.4 Å². The van der Waals surface area contributed by atoms with Gasteiger partial charge in [-0.1, -0.05) is 23.7 Å². The SMILES string of the molecule is CN(C)S(=O)(=O)N(C)Cc1nc(-c2cccs2)nn1-c1cccc(Cl)c1. The Morgan fingerprint density at radius 1 is 1.19 bits per heavy atom. The Bertz CT molecular complexity index is 1000. The summed E-state index contributed by atoms with van der Waals surface area (Å²) >= 11 is 7.62. The fraction of sp³-hybridized carbons (Fsp3) is 0.250. The molecule has 7 nitrogen and oxygen atoms in total. The molecule has 3 aromatic rings. The molecule has 3 rings (SSSR count). The summed E-state index contributed by atoms with van der Waals surface area (Å²) in [5.74, 6) is 1.05. The Morgan fingerprint density at radius 2 is 1.96 bits per heavy atom. The molecule has 10 heteroatoms. The van der Waals surface area contributed by atoms with Gasteiger partial charge in [-0.3, -0.25) is 0 Å². The molecule has 0 radical (unpaired) electrons. The molecule has 0 N–H and O–H groups in total. The fourth-order valence-corrected chi connectivity index (χ4v) is 4.00. The van der Waals surface area contributed by atoms with E-state index in [1.165, 1.54) is 36.8 Å². The molecule has 2 heterocycles. The van der Waals surface area contributed by atoms with E-state index >= 15 is 0 Å². The molecule has 2 aromatic heterocycles. The second-order valence-corrected chi connectivity index (χ2v) is 9.40. The number of aromatic nitrogens is 3. The Balaban J connectivity index is 2.05. The van der Waals surface area contributed by atoms with Gasteiger partial charge in [0.05, 0.1) is 17.1 Å². The van der Waals surface area contributed by atoms with Gasteiger partial charge in [-0.05, 0) is 29.6 Å². The lowest BCUT2D eigenvalue weighted by Crippen LogP contribution is -2.37. The van der Waals surface area contributed by atoms with Crippen molar-refractivity contribution in [2.24, 2.45) is 0 Å². The Kier molecular flexibility index (Phi) is 5.44. The smallest absolute Gasteiger partial charge is 0.216 e. The zero-order valence-electron chi connectivity index (χ0n) is 14.5. The molecule has 0 amide bonds. The van der Waals surface area contributed by atoms with Gasteiger partial charge in [0, 0.05) is 26.2 Å². The molecule has 0 aliphatic carbocycles. The van der Waals surface area contributed by atoms with Crippen LogP contribution >= 0.6 is 22.9 Å². The minimum Gasteiger partial charge on any atom is -0.216 e. The molecule has 0 fully saturated rings.